The number of carbonyl (C=O) groups is 1. The molecule has 1 aliphatic rings. The molecule has 1 saturated heterocycles. The standard InChI is InChI=1S/C17H20F3N3O2/c1-3-5-14(24)23-7-4-6-11(9-23)13-8-12(17(18,19)20)15-10(2)22-25-16(15)21-13/h8,11H,3-7,9H2,1-2H3/t11-/m1/s1. The molecule has 1 fully saturated rings. The van der Waals surface area contributed by atoms with Crippen molar-refractivity contribution in [2.45, 2.75) is 51.6 Å². The Morgan fingerprint density at radius 2 is 2.20 bits per heavy atom. The van der Waals surface area contributed by atoms with Crippen molar-refractivity contribution in [3.8, 4) is 0 Å². The average Bonchev–Trinajstić information content (AvgIpc) is 2.95. The molecule has 1 amide bonds. The molecule has 2 aromatic heterocycles. The van der Waals surface area contributed by atoms with Crippen LogP contribution in [-0.4, -0.2) is 34.0 Å². The van der Waals surface area contributed by atoms with E-state index in [2.05, 4.69) is 10.1 Å². The highest BCUT2D eigenvalue weighted by molar-refractivity contribution is 5.81. The fourth-order valence-electron chi connectivity index (χ4n) is 3.36. The molecule has 0 aliphatic carbocycles. The third kappa shape index (κ3) is 3.48. The first-order chi connectivity index (χ1) is 11.8. The molecule has 5 nitrogen and oxygen atoms in total. The molecule has 0 radical (unpaired) electrons. The molecule has 0 aromatic carbocycles. The van der Waals surface area contributed by atoms with Gasteiger partial charge in [-0.2, -0.15) is 13.2 Å². The van der Waals surface area contributed by atoms with Gasteiger partial charge in [-0.25, -0.2) is 4.98 Å². The smallest absolute Gasteiger partial charge is 0.342 e. The van der Waals surface area contributed by atoms with Gasteiger partial charge in [0, 0.05) is 25.4 Å². The minimum atomic E-state index is -4.52. The number of amides is 1. The van der Waals surface area contributed by atoms with Crippen molar-refractivity contribution in [2.75, 3.05) is 13.1 Å². The molecule has 1 aliphatic heterocycles. The van der Waals surface area contributed by atoms with Crippen LogP contribution in [0.4, 0.5) is 13.2 Å². The quantitative estimate of drug-likeness (QED) is 0.833. The van der Waals surface area contributed by atoms with Gasteiger partial charge in [0.05, 0.1) is 22.3 Å². The van der Waals surface area contributed by atoms with Gasteiger partial charge >= 0.3 is 6.18 Å². The van der Waals surface area contributed by atoms with Crippen LogP contribution in [0.5, 0.6) is 0 Å². The number of aryl methyl sites for hydroxylation is 1. The van der Waals surface area contributed by atoms with Crippen LogP contribution in [-0.2, 0) is 11.0 Å². The topological polar surface area (TPSA) is 59.2 Å². The van der Waals surface area contributed by atoms with Crippen LogP contribution in [0.15, 0.2) is 10.6 Å². The summed E-state index contributed by atoms with van der Waals surface area (Å²) in [5.41, 5.74) is -0.391. The van der Waals surface area contributed by atoms with Gasteiger partial charge < -0.3 is 9.42 Å². The zero-order valence-electron chi connectivity index (χ0n) is 14.2. The van der Waals surface area contributed by atoms with Crippen LogP contribution in [0.25, 0.3) is 11.1 Å². The predicted octanol–water partition coefficient (Wildman–Crippen LogP) is 4.06. The fourth-order valence-corrected chi connectivity index (χ4v) is 3.36. The third-order valence-electron chi connectivity index (χ3n) is 4.60. The van der Waals surface area contributed by atoms with Crippen LogP contribution in [0, 0.1) is 6.92 Å². The number of piperidine rings is 1. The second-order valence-electron chi connectivity index (χ2n) is 6.47. The number of halogens is 3. The van der Waals surface area contributed by atoms with E-state index in [1.807, 2.05) is 6.92 Å². The molecule has 2 aromatic rings. The van der Waals surface area contributed by atoms with Crippen molar-refractivity contribution >= 4 is 17.0 Å². The molecule has 3 rings (SSSR count). The SMILES string of the molecule is CCCC(=O)N1CCC[C@@H](c2cc(C(F)(F)F)c3c(C)noc3n2)C1. The Bertz CT molecular complexity index is 785. The molecule has 0 saturated carbocycles. The minimum absolute atomic E-state index is 0.0415. The molecule has 0 spiro atoms. The number of nitrogens with zero attached hydrogens (tertiary/aromatic N) is 3. The number of alkyl halides is 3. The largest absolute Gasteiger partial charge is 0.417 e. The van der Waals surface area contributed by atoms with Crippen LogP contribution in [0.2, 0.25) is 0 Å². The Kier molecular flexibility index (Phi) is 4.71. The van der Waals surface area contributed by atoms with E-state index in [0.717, 1.165) is 18.9 Å². The van der Waals surface area contributed by atoms with Crippen molar-refractivity contribution in [3.05, 3.63) is 23.0 Å². The lowest BCUT2D eigenvalue weighted by molar-refractivity contribution is -0.136. The van der Waals surface area contributed by atoms with Crippen molar-refractivity contribution in [3.63, 3.8) is 0 Å². The highest BCUT2D eigenvalue weighted by Gasteiger charge is 2.37. The monoisotopic (exact) mass is 355 g/mol. The van der Waals surface area contributed by atoms with Gasteiger partial charge in [-0.3, -0.25) is 4.79 Å². The van der Waals surface area contributed by atoms with Crippen molar-refractivity contribution in [2.24, 2.45) is 0 Å². The zero-order chi connectivity index (χ0) is 18.2. The van der Waals surface area contributed by atoms with E-state index in [1.165, 1.54) is 6.92 Å². The fraction of sp³-hybridized carbons (Fsp3) is 0.588. The summed E-state index contributed by atoms with van der Waals surface area (Å²) in [6, 6.07) is 1.09. The van der Waals surface area contributed by atoms with Gasteiger partial charge in [-0.1, -0.05) is 12.1 Å². The molecular weight excluding hydrogens is 335 g/mol. The number of hydrogen-bond donors (Lipinski definition) is 0. The maximum absolute atomic E-state index is 13.5. The normalized spacial score (nSPS) is 18.8. The molecule has 25 heavy (non-hydrogen) atoms. The van der Waals surface area contributed by atoms with E-state index in [1.54, 1.807) is 4.90 Å². The summed E-state index contributed by atoms with van der Waals surface area (Å²) in [4.78, 5) is 18.1. The number of pyridine rings is 1. The van der Waals surface area contributed by atoms with E-state index in [-0.39, 0.29) is 28.6 Å². The van der Waals surface area contributed by atoms with Crippen molar-refractivity contribution in [1.82, 2.24) is 15.0 Å². The predicted molar refractivity (Wildman–Crippen MR) is 85.0 cm³/mol. The summed E-state index contributed by atoms with van der Waals surface area (Å²) >= 11 is 0. The van der Waals surface area contributed by atoms with Crippen LogP contribution in [0.3, 0.4) is 0 Å². The maximum Gasteiger partial charge on any atom is 0.417 e. The van der Waals surface area contributed by atoms with E-state index in [4.69, 9.17) is 4.52 Å². The van der Waals surface area contributed by atoms with Gasteiger partial charge in [-0.05, 0) is 32.3 Å². The van der Waals surface area contributed by atoms with E-state index in [0.29, 0.717) is 31.6 Å². The lowest BCUT2D eigenvalue weighted by Gasteiger charge is -2.32. The lowest BCUT2D eigenvalue weighted by Crippen LogP contribution is -2.39. The second-order valence-corrected chi connectivity index (χ2v) is 6.47. The highest BCUT2D eigenvalue weighted by Crippen LogP contribution is 2.38. The molecule has 0 N–H and O–H groups in total. The van der Waals surface area contributed by atoms with Gasteiger partial charge in [0.15, 0.2) is 0 Å². The summed E-state index contributed by atoms with van der Waals surface area (Å²) in [5.74, 6) is -0.190. The summed E-state index contributed by atoms with van der Waals surface area (Å²) in [5, 5.41) is 3.53. The number of aromatic nitrogens is 2. The van der Waals surface area contributed by atoms with Crippen LogP contribution >= 0.6 is 0 Å². The second kappa shape index (κ2) is 6.65. The number of rotatable bonds is 3. The first kappa shape index (κ1) is 17.7. The Morgan fingerprint density at radius 3 is 2.88 bits per heavy atom. The molecule has 0 unspecified atom stereocenters. The number of fused-ring (bicyclic) bond motifs is 1. The van der Waals surface area contributed by atoms with E-state index in [9.17, 15) is 18.0 Å². The van der Waals surface area contributed by atoms with Crippen LogP contribution < -0.4 is 0 Å². The number of likely N-dealkylation sites (tertiary alicyclic amines) is 1. The minimum Gasteiger partial charge on any atom is -0.342 e. The molecule has 1 atom stereocenters. The number of carbonyl (C=O) groups excluding carboxylic acids is 1. The first-order valence-corrected chi connectivity index (χ1v) is 8.43. The summed E-state index contributed by atoms with van der Waals surface area (Å²) < 4.78 is 45.4. The van der Waals surface area contributed by atoms with Gasteiger partial charge in [-0.15, -0.1) is 0 Å². The molecule has 136 valence electrons. The Balaban J connectivity index is 1.97. The van der Waals surface area contributed by atoms with E-state index < -0.39 is 11.7 Å². The Hall–Kier alpha value is -2.12. The molecule has 0 bridgehead atoms. The highest BCUT2D eigenvalue weighted by atomic mass is 19.4. The zero-order valence-corrected chi connectivity index (χ0v) is 14.2. The lowest BCUT2D eigenvalue weighted by atomic mass is 9.92. The molecule has 8 heteroatoms. The van der Waals surface area contributed by atoms with Gasteiger partial charge in [0.2, 0.25) is 5.91 Å². The first-order valence-electron chi connectivity index (χ1n) is 8.43. The molecule has 3 heterocycles. The Morgan fingerprint density at radius 1 is 1.44 bits per heavy atom. The molecular formula is C17H20F3N3O2. The summed E-state index contributed by atoms with van der Waals surface area (Å²) in [6.07, 6.45) is -1.87. The van der Waals surface area contributed by atoms with Crippen LogP contribution in [0.1, 0.15) is 55.5 Å². The Labute approximate surface area is 143 Å². The maximum atomic E-state index is 13.5. The van der Waals surface area contributed by atoms with Gasteiger partial charge in [0.25, 0.3) is 5.71 Å². The van der Waals surface area contributed by atoms with Crippen molar-refractivity contribution in [1.29, 1.82) is 0 Å². The summed E-state index contributed by atoms with van der Waals surface area (Å²) in [7, 11) is 0. The number of hydrogen-bond acceptors (Lipinski definition) is 4. The van der Waals surface area contributed by atoms with E-state index >= 15 is 0 Å². The van der Waals surface area contributed by atoms with Gasteiger partial charge in [0.1, 0.15) is 0 Å². The average molecular weight is 355 g/mol. The van der Waals surface area contributed by atoms with Crippen molar-refractivity contribution < 1.29 is 22.5 Å². The third-order valence-corrected chi connectivity index (χ3v) is 4.60. The summed E-state index contributed by atoms with van der Waals surface area (Å²) in [6.45, 7) is 4.43.